The third kappa shape index (κ3) is 4.62. The number of hydrogen-bond donors (Lipinski definition) is 2. The summed E-state index contributed by atoms with van der Waals surface area (Å²) >= 11 is 1.50. The molecule has 0 aliphatic carbocycles. The Balaban J connectivity index is 1.22. The molecule has 3 heterocycles. The third-order valence-electron chi connectivity index (χ3n) is 4.84. The summed E-state index contributed by atoms with van der Waals surface area (Å²) in [5.74, 6) is 0.759. The Labute approximate surface area is 172 Å². The quantitative estimate of drug-likeness (QED) is 0.670. The van der Waals surface area contributed by atoms with Crippen molar-refractivity contribution < 1.29 is 9.59 Å². The maximum Gasteiger partial charge on any atom is 0.317 e. The molecule has 0 bridgehead atoms. The van der Waals surface area contributed by atoms with Crippen molar-refractivity contribution in [1.29, 1.82) is 0 Å². The highest BCUT2D eigenvalue weighted by atomic mass is 32.1. The van der Waals surface area contributed by atoms with E-state index < -0.39 is 0 Å². The van der Waals surface area contributed by atoms with E-state index in [-0.39, 0.29) is 18.5 Å². The Morgan fingerprint density at radius 1 is 1.03 bits per heavy atom. The Hall–Kier alpha value is -3.20. The van der Waals surface area contributed by atoms with Crippen LogP contribution in [0.1, 0.15) is 5.56 Å². The Morgan fingerprint density at radius 2 is 1.86 bits per heavy atom. The van der Waals surface area contributed by atoms with Crippen LogP contribution in [0.4, 0.5) is 10.6 Å². The van der Waals surface area contributed by atoms with E-state index in [4.69, 9.17) is 0 Å². The summed E-state index contributed by atoms with van der Waals surface area (Å²) in [5.41, 5.74) is 0.915. The number of anilines is 1. The lowest BCUT2D eigenvalue weighted by Crippen LogP contribution is -2.53. The number of fused-ring (bicyclic) bond motifs is 1. The molecule has 29 heavy (non-hydrogen) atoms. The van der Waals surface area contributed by atoms with Gasteiger partial charge in [0.2, 0.25) is 5.91 Å². The summed E-state index contributed by atoms with van der Waals surface area (Å²) in [5, 5.41) is 6.62. The first-order chi connectivity index (χ1) is 14.2. The van der Waals surface area contributed by atoms with Crippen molar-refractivity contribution in [2.45, 2.75) is 6.54 Å². The van der Waals surface area contributed by atoms with Crippen LogP contribution >= 0.6 is 11.5 Å². The SMILES string of the molecule is O=C(CNC(=O)N1CCN(c2nsc3ccccc23)CC1)NCc1cccnc1. The molecule has 150 valence electrons. The molecule has 8 nitrogen and oxygen atoms in total. The van der Waals surface area contributed by atoms with E-state index in [1.54, 1.807) is 17.3 Å². The van der Waals surface area contributed by atoms with Gasteiger partial charge in [0.05, 0.1) is 11.2 Å². The van der Waals surface area contributed by atoms with Gasteiger partial charge in [-0.1, -0.05) is 18.2 Å². The molecule has 1 fully saturated rings. The maximum absolute atomic E-state index is 12.4. The van der Waals surface area contributed by atoms with Crippen LogP contribution < -0.4 is 15.5 Å². The van der Waals surface area contributed by atoms with Gasteiger partial charge >= 0.3 is 6.03 Å². The van der Waals surface area contributed by atoms with Crippen molar-refractivity contribution >= 4 is 39.4 Å². The lowest BCUT2D eigenvalue weighted by molar-refractivity contribution is -0.120. The van der Waals surface area contributed by atoms with Crippen LogP contribution in [0.25, 0.3) is 10.1 Å². The number of nitrogens with one attached hydrogen (secondary N) is 2. The Kier molecular flexibility index (Phi) is 5.85. The standard InChI is InChI=1S/C20H22N6O2S/c27-18(22-13-15-4-3-7-21-12-15)14-23-20(28)26-10-8-25(9-11-26)19-16-5-1-2-6-17(16)29-24-19/h1-7,12H,8-11,13-14H2,(H,22,27)(H,23,28). The summed E-state index contributed by atoms with van der Waals surface area (Å²) in [6.07, 6.45) is 3.38. The molecule has 0 atom stereocenters. The zero-order valence-corrected chi connectivity index (χ0v) is 16.7. The minimum absolute atomic E-state index is 0.0456. The van der Waals surface area contributed by atoms with Crippen molar-refractivity contribution in [3.8, 4) is 0 Å². The maximum atomic E-state index is 12.4. The number of benzene rings is 1. The van der Waals surface area contributed by atoms with Crippen molar-refractivity contribution in [3.63, 3.8) is 0 Å². The monoisotopic (exact) mass is 410 g/mol. The van der Waals surface area contributed by atoms with E-state index in [1.807, 2.05) is 24.3 Å². The predicted molar refractivity (Wildman–Crippen MR) is 113 cm³/mol. The second kappa shape index (κ2) is 8.87. The summed E-state index contributed by atoms with van der Waals surface area (Å²) < 4.78 is 5.75. The van der Waals surface area contributed by atoms with E-state index in [9.17, 15) is 9.59 Å². The lowest BCUT2D eigenvalue weighted by Gasteiger charge is -2.35. The molecule has 3 amide bonds. The van der Waals surface area contributed by atoms with Gasteiger partial charge in [0, 0.05) is 50.5 Å². The molecule has 1 aromatic carbocycles. The van der Waals surface area contributed by atoms with Crippen LogP contribution in [0, 0.1) is 0 Å². The lowest BCUT2D eigenvalue weighted by atomic mass is 10.2. The molecular formula is C20H22N6O2S. The molecule has 2 aromatic heterocycles. The molecule has 9 heteroatoms. The van der Waals surface area contributed by atoms with Crippen LogP contribution in [0.5, 0.6) is 0 Å². The molecule has 0 radical (unpaired) electrons. The second-order valence-electron chi connectivity index (χ2n) is 6.77. The van der Waals surface area contributed by atoms with Gasteiger partial charge in [-0.3, -0.25) is 9.78 Å². The first-order valence-electron chi connectivity index (χ1n) is 9.48. The van der Waals surface area contributed by atoms with Gasteiger partial charge in [0.1, 0.15) is 5.82 Å². The summed E-state index contributed by atoms with van der Waals surface area (Å²) in [4.78, 5) is 32.3. The fraction of sp³-hybridized carbons (Fsp3) is 0.300. The average molecular weight is 411 g/mol. The van der Waals surface area contributed by atoms with Crippen LogP contribution in [0.3, 0.4) is 0 Å². The average Bonchev–Trinajstić information content (AvgIpc) is 3.21. The predicted octanol–water partition coefficient (Wildman–Crippen LogP) is 1.84. The molecule has 3 aromatic rings. The largest absolute Gasteiger partial charge is 0.352 e. The Bertz CT molecular complexity index is 985. The normalized spacial score (nSPS) is 14.1. The summed E-state index contributed by atoms with van der Waals surface area (Å²) in [7, 11) is 0. The number of urea groups is 1. The molecule has 1 saturated heterocycles. The Morgan fingerprint density at radius 3 is 2.66 bits per heavy atom. The first-order valence-corrected chi connectivity index (χ1v) is 10.3. The summed E-state index contributed by atoms with van der Waals surface area (Å²) in [6.45, 7) is 2.96. The number of carbonyl (C=O) groups excluding carboxylic acids is 2. The van der Waals surface area contributed by atoms with Gasteiger partial charge in [-0.05, 0) is 35.3 Å². The molecule has 0 spiro atoms. The number of amides is 3. The first kappa shape index (κ1) is 19.1. The molecular weight excluding hydrogens is 388 g/mol. The fourth-order valence-corrected chi connectivity index (χ4v) is 4.05. The zero-order chi connectivity index (χ0) is 20.1. The number of rotatable bonds is 5. The zero-order valence-electron chi connectivity index (χ0n) is 15.9. The van der Waals surface area contributed by atoms with E-state index in [0.29, 0.717) is 32.7 Å². The van der Waals surface area contributed by atoms with Gasteiger partial charge in [-0.15, -0.1) is 0 Å². The molecule has 2 N–H and O–H groups in total. The fourth-order valence-electron chi connectivity index (χ4n) is 3.26. The molecule has 1 aliphatic heterocycles. The van der Waals surface area contributed by atoms with Crippen LogP contribution in [-0.2, 0) is 11.3 Å². The van der Waals surface area contributed by atoms with Crippen molar-refractivity contribution in [2.24, 2.45) is 0 Å². The van der Waals surface area contributed by atoms with Gasteiger partial charge in [0.15, 0.2) is 0 Å². The van der Waals surface area contributed by atoms with E-state index >= 15 is 0 Å². The summed E-state index contributed by atoms with van der Waals surface area (Å²) in [6, 6.07) is 11.7. The van der Waals surface area contributed by atoms with Crippen molar-refractivity contribution in [1.82, 2.24) is 24.9 Å². The smallest absolute Gasteiger partial charge is 0.317 e. The highest BCUT2D eigenvalue weighted by Gasteiger charge is 2.23. The van der Waals surface area contributed by atoms with Crippen LogP contribution in [-0.4, -0.2) is 58.9 Å². The molecule has 0 unspecified atom stereocenters. The van der Waals surface area contributed by atoms with Gasteiger partial charge in [0.25, 0.3) is 0 Å². The topological polar surface area (TPSA) is 90.5 Å². The van der Waals surface area contributed by atoms with Crippen molar-refractivity contribution in [2.75, 3.05) is 37.6 Å². The molecule has 0 saturated carbocycles. The minimum atomic E-state index is -0.227. The highest BCUT2D eigenvalue weighted by Crippen LogP contribution is 2.29. The van der Waals surface area contributed by atoms with Crippen molar-refractivity contribution in [3.05, 3.63) is 54.4 Å². The van der Waals surface area contributed by atoms with E-state index in [0.717, 1.165) is 16.8 Å². The number of carbonyl (C=O) groups is 2. The number of nitrogens with zero attached hydrogens (tertiary/aromatic N) is 4. The van der Waals surface area contributed by atoms with Crippen LogP contribution in [0.2, 0.25) is 0 Å². The van der Waals surface area contributed by atoms with Crippen LogP contribution in [0.15, 0.2) is 48.8 Å². The number of hydrogen-bond acceptors (Lipinski definition) is 6. The number of pyridine rings is 1. The number of aromatic nitrogens is 2. The van der Waals surface area contributed by atoms with Gasteiger partial charge < -0.3 is 20.4 Å². The third-order valence-corrected chi connectivity index (χ3v) is 5.65. The molecule has 4 rings (SSSR count). The molecule has 1 aliphatic rings. The second-order valence-corrected chi connectivity index (χ2v) is 7.58. The van der Waals surface area contributed by atoms with Gasteiger partial charge in [-0.2, -0.15) is 4.37 Å². The number of piperazine rings is 1. The van der Waals surface area contributed by atoms with E-state index in [1.165, 1.54) is 16.2 Å². The van der Waals surface area contributed by atoms with E-state index in [2.05, 4.69) is 37.0 Å². The minimum Gasteiger partial charge on any atom is -0.352 e. The highest BCUT2D eigenvalue weighted by molar-refractivity contribution is 7.13. The van der Waals surface area contributed by atoms with Gasteiger partial charge in [-0.25, -0.2) is 4.79 Å².